The van der Waals surface area contributed by atoms with E-state index < -0.39 is 0 Å². The highest BCUT2D eigenvalue weighted by atomic mass is 32.1. The van der Waals surface area contributed by atoms with Crippen LogP contribution in [0.2, 0.25) is 0 Å². The fourth-order valence-electron chi connectivity index (χ4n) is 2.47. The van der Waals surface area contributed by atoms with Gasteiger partial charge in [-0.15, -0.1) is 11.3 Å². The molecule has 23 heavy (non-hydrogen) atoms. The Labute approximate surface area is 136 Å². The smallest absolute Gasteiger partial charge is 0.298 e. The maximum Gasteiger partial charge on any atom is 0.298 e. The van der Waals surface area contributed by atoms with E-state index in [9.17, 15) is 4.79 Å². The number of aromatic nitrogens is 3. The van der Waals surface area contributed by atoms with Gasteiger partial charge >= 0.3 is 0 Å². The number of nitrogens with zero attached hydrogens (tertiary/aromatic N) is 3. The Morgan fingerprint density at radius 2 is 1.96 bits per heavy atom. The van der Waals surface area contributed by atoms with Crippen molar-refractivity contribution < 1.29 is 4.74 Å². The minimum Gasteiger partial charge on any atom is -0.497 e. The number of benzene rings is 1. The van der Waals surface area contributed by atoms with Crippen molar-refractivity contribution >= 4 is 17.0 Å². The van der Waals surface area contributed by atoms with Crippen LogP contribution in [-0.2, 0) is 0 Å². The first kappa shape index (κ1) is 13.8. The molecule has 0 amide bonds. The maximum absolute atomic E-state index is 12.7. The van der Waals surface area contributed by atoms with Gasteiger partial charge in [-0.1, -0.05) is 6.07 Å². The van der Waals surface area contributed by atoms with E-state index in [2.05, 4.69) is 4.98 Å². The topological polar surface area (TPSA) is 48.5 Å². The normalized spacial score (nSPS) is 11.0. The summed E-state index contributed by atoms with van der Waals surface area (Å²) in [4.78, 5) is 18.3. The Hall–Kier alpha value is -2.86. The first-order chi connectivity index (χ1) is 11.3. The van der Waals surface area contributed by atoms with Gasteiger partial charge in [-0.25, -0.2) is 4.98 Å². The summed E-state index contributed by atoms with van der Waals surface area (Å²) in [6, 6.07) is 11.3. The van der Waals surface area contributed by atoms with Crippen LogP contribution in [0.25, 0.3) is 21.9 Å². The third-order valence-corrected chi connectivity index (χ3v) is 4.54. The number of thiophene rings is 1. The molecule has 0 atom stereocenters. The van der Waals surface area contributed by atoms with Crippen LogP contribution < -0.4 is 10.3 Å². The monoisotopic (exact) mass is 323 g/mol. The average molecular weight is 323 g/mol. The molecular formula is C17H13N3O2S. The van der Waals surface area contributed by atoms with Gasteiger partial charge in [0.1, 0.15) is 5.75 Å². The lowest BCUT2D eigenvalue weighted by molar-refractivity contribution is 0.414. The third-order valence-electron chi connectivity index (χ3n) is 3.64. The van der Waals surface area contributed by atoms with Crippen LogP contribution in [0.4, 0.5) is 0 Å². The van der Waals surface area contributed by atoms with Gasteiger partial charge in [-0.2, -0.15) is 0 Å². The number of hydrogen-bond donors (Lipinski definition) is 0. The Morgan fingerprint density at radius 3 is 2.65 bits per heavy atom. The number of fused-ring (bicyclic) bond motifs is 1. The van der Waals surface area contributed by atoms with Gasteiger partial charge in [-0.05, 0) is 35.7 Å². The molecule has 0 bridgehead atoms. The van der Waals surface area contributed by atoms with Gasteiger partial charge < -0.3 is 9.14 Å². The number of rotatable bonds is 3. The molecule has 5 nitrogen and oxygen atoms in total. The van der Waals surface area contributed by atoms with E-state index in [0.717, 1.165) is 22.0 Å². The molecule has 0 aliphatic rings. The van der Waals surface area contributed by atoms with E-state index >= 15 is 0 Å². The molecular weight excluding hydrogens is 310 g/mol. The van der Waals surface area contributed by atoms with Crippen LogP contribution in [0.3, 0.4) is 0 Å². The molecule has 0 radical (unpaired) electrons. The van der Waals surface area contributed by atoms with E-state index in [1.165, 1.54) is 0 Å². The molecule has 6 heteroatoms. The Balaban J connectivity index is 1.85. The summed E-state index contributed by atoms with van der Waals surface area (Å²) < 4.78 is 8.49. The minimum absolute atomic E-state index is 0.152. The van der Waals surface area contributed by atoms with Crippen LogP contribution in [-0.4, -0.2) is 21.1 Å². The molecule has 0 aliphatic carbocycles. The van der Waals surface area contributed by atoms with Crippen molar-refractivity contribution in [2.45, 2.75) is 0 Å². The van der Waals surface area contributed by atoms with E-state index in [4.69, 9.17) is 4.74 Å². The van der Waals surface area contributed by atoms with Crippen molar-refractivity contribution in [1.29, 1.82) is 0 Å². The molecule has 0 spiro atoms. The molecule has 0 aliphatic heterocycles. The van der Waals surface area contributed by atoms with Crippen molar-refractivity contribution in [1.82, 2.24) is 14.0 Å². The Morgan fingerprint density at radius 1 is 1.13 bits per heavy atom. The average Bonchev–Trinajstić information content (AvgIpc) is 3.25. The highest BCUT2D eigenvalue weighted by Crippen LogP contribution is 2.23. The molecule has 3 aromatic heterocycles. The van der Waals surface area contributed by atoms with Gasteiger partial charge in [0.05, 0.1) is 17.7 Å². The van der Waals surface area contributed by atoms with Crippen molar-refractivity contribution in [3.05, 3.63) is 70.7 Å². The largest absolute Gasteiger partial charge is 0.497 e. The zero-order valence-electron chi connectivity index (χ0n) is 12.3. The van der Waals surface area contributed by atoms with Crippen LogP contribution in [0.5, 0.6) is 5.75 Å². The molecule has 4 rings (SSSR count). The van der Waals surface area contributed by atoms with Crippen molar-refractivity contribution in [3.63, 3.8) is 0 Å². The zero-order valence-corrected chi connectivity index (χ0v) is 13.2. The summed E-state index contributed by atoms with van der Waals surface area (Å²) >= 11 is 1.60. The molecule has 4 aromatic rings. The summed E-state index contributed by atoms with van der Waals surface area (Å²) in [5.41, 5.74) is 1.84. The van der Waals surface area contributed by atoms with Gasteiger partial charge in [0.25, 0.3) is 5.56 Å². The molecule has 1 aromatic carbocycles. The molecule has 114 valence electrons. The summed E-state index contributed by atoms with van der Waals surface area (Å²) in [5, 5.41) is 2.00. The molecule has 0 fully saturated rings. The zero-order chi connectivity index (χ0) is 15.8. The standard InChI is InChI=1S/C17H13N3O2S/c1-22-13-6-4-12(5-7-13)20-9-8-19-11-14(15-3-2-10-23-15)18-16(19)17(20)21/h2-11H,1H3. The highest BCUT2D eigenvalue weighted by Gasteiger charge is 2.10. The minimum atomic E-state index is -0.152. The summed E-state index contributed by atoms with van der Waals surface area (Å²) in [6.07, 6.45) is 5.46. The lowest BCUT2D eigenvalue weighted by Crippen LogP contribution is -2.19. The predicted octanol–water partition coefficient (Wildman–Crippen LogP) is 3.22. The predicted molar refractivity (Wildman–Crippen MR) is 90.7 cm³/mol. The van der Waals surface area contributed by atoms with Crippen LogP contribution in [0.1, 0.15) is 0 Å². The molecule has 0 saturated heterocycles. The summed E-state index contributed by atoms with van der Waals surface area (Å²) in [6.45, 7) is 0. The van der Waals surface area contributed by atoms with Gasteiger partial charge in [-0.3, -0.25) is 9.36 Å². The second kappa shape index (κ2) is 5.40. The fourth-order valence-corrected chi connectivity index (χ4v) is 3.15. The summed E-state index contributed by atoms with van der Waals surface area (Å²) in [5.74, 6) is 0.753. The third kappa shape index (κ3) is 2.33. The van der Waals surface area contributed by atoms with Crippen LogP contribution in [0.15, 0.2) is 65.2 Å². The van der Waals surface area contributed by atoms with Crippen LogP contribution >= 0.6 is 11.3 Å². The number of ether oxygens (including phenoxy) is 1. The fraction of sp³-hybridized carbons (Fsp3) is 0.0588. The lowest BCUT2D eigenvalue weighted by atomic mass is 10.3. The molecule has 0 N–H and O–H groups in total. The molecule has 0 saturated carbocycles. The lowest BCUT2D eigenvalue weighted by Gasteiger charge is -2.06. The molecule has 3 heterocycles. The number of hydrogen-bond acceptors (Lipinski definition) is 4. The van der Waals surface area contributed by atoms with E-state index in [1.807, 2.05) is 54.2 Å². The quantitative estimate of drug-likeness (QED) is 0.581. The van der Waals surface area contributed by atoms with Crippen molar-refractivity contribution in [2.24, 2.45) is 0 Å². The second-order valence-electron chi connectivity index (χ2n) is 5.01. The van der Waals surface area contributed by atoms with Crippen molar-refractivity contribution in [2.75, 3.05) is 7.11 Å². The first-order valence-corrected chi connectivity index (χ1v) is 7.93. The van der Waals surface area contributed by atoms with Gasteiger partial charge in [0.15, 0.2) is 0 Å². The van der Waals surface area contributed by atoms with E-state index in [-0.39, 0.29) is 5.56 Å². The van der Waals surface area contributed by atoms with Crippen molar-refractivity contribution in [3.8, 4) is 22.0 Å². The highest BCUT2D eigenvalue weighted by molar-refractivity contribution is 7.13. The van der Waals surface area contributed by atoms with Crippen LogP contribution in [0, 0.1) is 0 Å². The Kier molecular flexibility index (Phi) is 3.24. The number of imidazole rings is 1. The van der Waals surface area contributed by atoms with E-state index in [1.54, 1.807) is 33.6 Å². The van der Waals surface area contributed by atoms with Gasteiger partial charge in [0, 0.05) is 24.3 Å². The second-order valence-corrected chi connectivity index (χ2v) is 5.95. The maximum atomic E-state index is 12.7. The first-order valence-electron chi connectivity index (χ1n) is 7.05. The molecule has 0 unspecified atom stereocenters. The van der Waals surface area contributed by atoms with Gasteiger partial charge in [0.2, 0.25) is 5.65 Å². The number of methoxy groups -OCH3 is 1. The summed E-state index contributed by atoms with van der Waals surface area (Å²) in [7, 11) is 1.61. The van der Waals surface area contributed by atoms with E-state index in [0.29, 0.717) is 5.65 Å². The Bertz CT molecular complexity index is 1010. The SMILES string of the molecule is COc1ccc(-n2ccn3cc(-c4cccs4)nc3c2=O)cc1.